The molecule has 0 aromatic rings. The van der Waals surface area contributed by atoms with Gasteiger partial charge >= 0.3 is 0 Å². The minimum atomic E-state index is 0.226. The van der Waals surface area contributed by atoms with Crippen LogP contribution in [0.2, 0.25) is 0 Å². The minimum Gasteiger partial charge on any atom is -0.377 e. The van der Waals surface area contributed by atoms with Crippen LogP contribution < -0.4 is 5.32 Å². The van der Waals surface area contributed by atoms with Crippen LogP contribution in [-0.4, -0.2) is 63.0 Å². The van der Waals surface area contributed by atoms with Crippen molar-refractivity contribution in [3.63, 3.8) is 0 Å². The number of nitrogens with zero attached hydrogens (tertiary/aromatic N) is 1. The fourth-order valence-corrected chi connectivity index (χ4v) is 4.07. The lowest BCUT2D eigenvalue weighted by molar-refractivity contribution is -0.00461. The molecule has 0 aromatic heterocycles. The maximum Gasteiger partial charge on any atom is 0.0971 e. The quantitative estimate of drug-likeness (QED) is 0.782. The average molecular weight is 298 g/mol. The van der Waals surface area contributed by atoms with Crippen LogP contribution in [0.25, 0.3) is 0 Å². The third-order valence-electron chi connectivity index (χ3n) is 5.48. The molecule has 4 heteroatoms. The van der Waals surface area contributed by atoms with E-state index in [4.69, 9.17) is 9.47 Å². The Morgan fingerprint density at radius 2 is 1.71 bits per heavy atom. The lowest BCUT2D eigenvalue weighted by Gasteiger charge is -2.41. The first-order valence-electron chi connectivity index (χ1n) is 8.76. The molecule has 1 aliphatic heterocycles. The molecule has 1 saturated carbocycles. The second kappa shape index (κ2) is 8.47. The summed E-state index contributed by atoms with van der Waals surface area (Å²) in [6.45, 7) is 7.74. The Kier molecular flexibility index (Phi) is 6.93. The number of methoxy groups -OCH3 is 2. The molecule has 0 aromatic carbocycles. The summed E-state index contributed by atoms with van der Waals surface area (Å²) >= 11 is 0. The van der Waals surface area contributed by atoms with Gasteiger partial charge in [-0.15, -0.1) is 0 Å². The van der Waals surface area contributed by atoms with Gasteiger partial charge in [0, 0.05) is 39.4 Å². The summed E-state index contributed by atoms with van der Waals surface area (Å²) in [5, 5.41) is 3.79. The van der Waals surface area contributed by atoms with Gasteiger partial charge in [0.1, 0.15) is 0 Å². The van der Waals surface area contributed by atoms with Gasteiger partial charge in [0.05, 0.1) is 12.2 Å². The van der Waals surface area contributed by atoms with E-state index in [1.807, 2.05) is 14.2 Å². The van der Waals surface area contributed by atoms with Crippen molar-refractivity contribution in [3.8, 4) is 0 Å². The first-order valence-corrected chi connectivity index (χ1v) is 8.76. The predicted molar refractivity (Wildman–Crippen MR) is 86.7 cm³/mol. The highest BCUT2D eigenvalue weighted by molar-refractivity contribution is 4.97. The highest BCUT2D eigenvalue weighted by Crippen LogP contribution is 2.32. The van der Waals surface area contributed by atoms with Crippen LogP contribution in [0.4, 0.5) is 0 Å². The zero-order valence-electron chi connectivity index (χ0n) is 14.3. The van der Waals surface area contributed by atoms with Crippen molar-refractivity contribution in [2.45, 2.75) is 70.2 Å². The van der Waals surface area contributed by atoms with Crippen molar-refractivity contribution < 1.29 is 9.47 Å². The maximum absolute atomic E-state index is 5.62. The molecule has 2 fully saturated rings. The Bertz CT molecular complexity index is 289. The molecule has 0 spiro atoms. The monoisotopic (exact) mass is 298 g/mol. The van der Waals surface area contributed by atoms with E-state index in [0.29, 0.717) is 12.1 Å². The Hall–Kier alpha value is -0.160. The molecule has 2 rings (SSSR count). The molecule has 5 atom stereocenters. The van der Waals surface area contributed by atoms with Gasteiger partial charge in [-0.1, -0.05) is 20.3 Å². The van der Waals surface area contributed by atoms with Gasteiger partial charge in [-0.25, -0.2) is 0 Å². The first-order chi connectivity index (χ1) is 10.2. The zero-order valence-corrected chi connectivity index (χ0v) is 14.3. The number of hydrogen-bond donors (Lipinski definition) is 1. The molecule has 21 heavy (non-hydrogen) atoms. The van der Waals surface area contributed by atoms with Crippen molar-refractivity contribution in [2.24, 2.45) is 5.92 Å². The molecule has 0 bridgehead atoms. The van der Waals surface area contributed by atoms with E-state index < -0.39 is 0 Å². The Balaban J connectivity index is 2.01. The van der Waals surface area contributed by atoms with Gasteiger partial charge in [0.2, 0.25) is 0 Å². The van der Waals surface area contributed by atoms with Gasteiger partial charge < -0.3 is 14.8 Å². The SMILES string of the molecule is CCCNC1CCC(CC)CC1N1CC(OC)C(OC)C1. The Labute approximate surface area is 130 Å². The fourth-order valence-electron chi connectivity index (χ4n) is 4.07. The number of nitrogens with one attached hydrogen (secondary N) is 1. The van der Waals surface area contributed by atoms with Crippen molar-refractivity contribution >= 4 is 0 Å². The average Bonchev–Trinajstić information content (AvgIpc) is 2.95. The summed E-state index contributed by atoms with van der Waals surface area (Å²) < 4.78 is 11.2. The van der Waals surface area contributed by atoms with Crippen molar-refractivity contribution in [1.82, 2.24) is 10.2 Å². The molecule has 124 valence electrons. The molecule has 2 aliphatic rings. The van der Waals surface area contributed by atoms with Crippen molar-refractivity contribution in [2.75, 3.05) is 33.9 Å². The van der Waals surface area contributed by atoms with Gasteiger partial charge in [-0.05, 0) is 38.1 Å². The van der Waals surface area contributed by atoms with E-state index in [0.717, 1.165) is 25.6 Å². The topological polar surface area (TPSA) is 33.7 Å². The number of likely N-dealkylation sites (tertiary alicyclic amines) is 1. The van der Waals surface area contributed by atoms with Gasteiger partial charge in [-0.3, -0.25) is 4.90 Å². The molecule has 1 saturated heterocycles. The van der Waals surface area contributed by atoms with Crippen LogP contribution in [-0.2, 0) is 9.47 Å². The summed E-state index contributed by atoms with van der Waals surface area (Å²) in [6, 6.07) is 1.29. The smallest absolute Gasteiger partial charge is 0.0971 e. The highest BCUT2D eigenvalue weighted by atomic mass is 16.5. The Morgan fingerprint density at radius 1 is 1.05 bits per heavy atom. The second-order valence-electron chi connectivity index (χ2n) is 6.72. The first kappa shape index (κ1) is 17.2. The van der Waals surface area contributed by atoms with Crippen LogP contribution >= 0.6 is 0 Å². The van der Waals surface area contributed by atoms with E-state index in [-0.39, 0.29) is 12.2 Å². The number of rotatable bonds is 7. The normalized spacial score (nSPS) is 38.0. The minimum absolute atomic E-state index is 0.226. The molecule has 1 aliphatic carbocycles. The molecule has 4 nitrogen and oxygen atoms in total. The third kappa shape index (κ3) is 4.19. The third-order valence-corrected chi connectivity index (χ3v) is 5.48. The molecule has 1 heterocycles. The van der Waals surface area contributed by atoms with Gasteiger partial charge in [-0.2, -0.15) is 0 Å². The largest absolute Gasteiger partial charge is 0.377 e. The van der Waals surface area contributed by atoms with Crippen LogP contribution in [0, 0.1) is 5.92 Å². The van der Waals surface area contributed by atoms with Gasteiger partial charge in [0.15, 0.2) is 0 Å². The zero-order chi connectivity index (χ0) is 15.2. The van der Waals surface area contributed by atoms with E-state index in [1.165, 1.54) is 32.1 Å². The van der Waals surface area contributed by atoms with E-state index >= 15 is 0 Å². The summed E-state index contributed by atoms with van der Waals surface area (Å²) in [5.41, 5.74) is 0. The molecule has 1 N–H and O–H groups in total. The van der Waals surface area contributed by atoms with Crippen molar-refractivity contribution in [3.05, 3.63) is 0 Å². The van der Waals surface area contributed by atoms with Gasteiger partial charge in [0.25, 0.3) is 0 Å². The molecule has 5 unspecified atom stereocenters. The second-order valence-corrected chi connectivity index (χ2v) is 6.72. The van der Waals surface area contributed by atoms with Crippen LogP contribution in [0.5, 0.6) is 0 Å². The van der Waals surface area contributed by atoms with E-state index in [9.17, 15) is 0 Å². The van der Waals surface area contributed by atoms with E-state index in [2.05, 4.69) is 24.1 Å². The standard InChI is InChI=1S/C17H34N2O2/c1-5-9-18-14-8-7-13(6-2)10-15(14)19-11-16(20-3)17(12-19)21-4/h13-18H,5-12H2,1-4H3. The summed E-state index contributed by atoms with van der Waals surface area (Å²) in [5.74, 6) is 0.886. The molecule has 0 amide bonds. The molecule has 0 radical (unpaired) electrons. The van der Waals surface area contributed by atoms with Crippen molar-refractivity contribution in [1.29, 1.82) is 0 Å². The highest BCUT2D eigenvalue weighted by Gasteiger charge is 2.41. The van der Waals surface area contributed by atoms with Crippen LogP contribution in [0.1, 0.15) is 46.0 Å². The number of hydrogen-bond acceptors (Lipinski definition) is 4. The predicted octanol–water partition coefficient (Wildman–Crippen LogP) is 2.28. The Morgan fingerprint density at radius 3 is 2.24 bits per heavy atom. The van der Waals surface area contributed by atoms with Crippen LogP contribution in [0.15, 0.2) is 0 Å². The summed E-state index contributed by atoms with van der Waals surface area (Å²) in [7, 11) is 3.62. The summed E-state index contributed by atoms with van der Waals surface area (Å²) in [6.07, 6.45) is 6.99. The maximum atomic E-state index is 5.62. The lowest BCUT2D eigenvalue weighted by Crippen LogP contribution is -2.53. The molecular weight excluding hydrogens is 264 g/mol. The fraction of sp³-hybridized carbons (Fsp3) is 1.00. The summed E-state index contributed by atoms with van der Waals surface area (Å²) in [4.78, 5) is 2.62. The molecular formula is C17H34N2O2. The van der Waals surface area contributed by atoms with E-state index in [1.54, 1.807) is 0 Å². The van der Waals surface area contributed by atoms with Crippen LogP contribution in [0.3, 0.4) is 0 Å². The number of ether oxygens (including phenoxy) is 2. The lowest BCUT2D eigenvalue weighted by atomic mass is 9.80.